The van der Waals surface area contributed by atoms with Crippen molar-refractivity contribution in [2.75, 3.05) is 19.8 Å². The van der Waals surface area contributed by atoms with Crippen LogP contribution in [0.3, 0.4) is 0 Å². The van der Waals surface area contributed by atoms with Gasteiger partial charge in [0.05, 0.1) is 11.6 Å². The van der Waals surface area contributed by atoms with Crippen LogP contribution in [0.5, 0.6) is 17.2 Å². The predicted molar refractivity (Wildman–Crippen MR) is 104 cm³/mol. The van der Waals surface area contributed by atoms with Gasteiger partial charge in [-0.1, -0.05) is 31.5 Å². The molecule has 2 aromatic rings. The maximum Gasteiger partial charge on any atom is 0.179 e. The summed E-state index contributed by atoms with van der Waals surface area (Å²) in [5.74, 6) is 2.18. The number of ether oxygens (including phenoxy) is 3. The molecule has 0 aliphatic heterocycles. The largest absolute Gasteiger partial charge is 0.490 e. The lowest BCUT2D eigenvalue weighted by atomic mass is 9.98. The maximum absolute atomic E-state index is 11.0. The molecule has 0 N–H and O–H groups in total. The van der Waals surface area contributed by atoms with Crippen LogP contribution in [0, 0.1) is 6.92 Å². The second-order valence-corrected chi connectivity index (χ2v) is 6.66. The summed E-state index contributed by atoms with van der Waals surface area (Å²) in [7, 11) is 0. The molecule has 140 valence electrons. The zero-order valence-electron chi connectivity index (χ0n) is 15.7. The third-order valence-corrected chi connectivity index (χ3v) is 4.21. The summed E-state index contributed by atoms with van der Waals surface area (Å²) in [6.07, 6.45) is 0.727. The van der Waals surface area contributed by atoms with Crippen molar-refractivity contribution < 1.29 is 19.0 Å². The third kappa shape index (κ3) is 5.15. The van der Waals surface area contributed by atoms with E-state index in [1.807, 2.05) is 19.1 Å². The Morgan fingerprint density at radius 3 is 2.42 bits per heavy atom. The Morgan fingerprint density at radius 1 is 1.08 bits per heavy atom. The first kappa shape index (κ1) is 20.1. The van der Waals surface area contributed by atoms with E-state index in [4.69, 9.17) is 25.8 Å². The summed E-state index contributed by atoms with van der Waals surface area (Å²) >= 11 is 6.21. The van der Waals surface area contributed by atoms with E-state index in [-0.39, 0.29) is 0 Å². The van der Waals surface area contributed by atoms with Gasteiger partial charge in [-0.25, -0.2) is 0 Å². The van der Waals surface area contributed by atoms with Gasteiger partial charge in [-0.2, -0.15) is 0 Å². The fourth-order valence-corrected chi connectivity index (χ4v) is 3.02. The molecule has 0 aliphatic rings. The summed E-state index contributed by atoms with van der Waals surface area (Å²) in [4.78, 5) is 11.0. The SMILES string of the molecule is CCOc1cc(C=O)cc(Cl)c1OCCOc1ccc(C(C)C)c(C)c1. The van der Waals surface area contributed by atoms with Crippen molar-refractivity contribution >= 4 is 17.9 Å². The van der Waals surface area contributed by atoms with E-state index >= 15 is 0 Å². The molecule has 0 saturated carbocycles. The molecular formula is C21H25ClO4. The Hall–Kier alpha value is -2.20. The monoisotopic (exact) mass is 376 g/mol. The number of aryl methyl sites for hydroxylation is 1. The highest BCUT2D eigenvalue weighted by Crippen LogP contribution is 2.36. The van der Waals surface area contributed by atoms with Crippen molar-refractivity contribution in [3.05, 3.63) is 52.0 Å². The van der Waals surface area contributed by atoms with Crippen LogP contribution in [0.4, 0.5) is 0 Å². The Balaban J connectivity index is 1.97. The van der Waals surface area contributed by atoms with E-state index in [0.29, 0.717) is 47.8 Å². The minimum absolute atomic E-state index is 0.311. The van der Waals surface area contributed by atoms with Gasteiger partial charge in [0.2, 0.25) is 0 Å². The molecule has 0 saturated heterocycles. The van der Waals surface area contributed by atoms with Crippen molar-refractivity contribution in [2.45, 2.75) is 33.6 Å². The summed E-state index contributed by atoms with van der Waals surface area (Å²) < 4.78 is 17.0. The summed E-state index contributed by atoms with van der Waals surface area (Å²) in [5.41, 5.74) is 2.98. The number of carbonyl (C=O) groups is 1. The van der Waals surface area contributed by atoms with Gasteiger partial charge >= 0.3 is 0 Å². The second-order valence-electron chi connectivity index (χ2n) is 6.25. The molecule has 4 nitrogen and oxygen atoms in total. The predicted octanol–water partition coefficient (Wildman–Crippen LogP) is 5.44. The van der Waals surface area contributed by atoms with Crippen molar-refractivity contribution in [3.63, 3.8) is 0 Å². The minimum Gasteiger partial charge on any atom is -0.490 e. The molecule has 0 fully saturated rings. The average Bonchev–Trinajstić information content (AvgIpc) is 2.60. The normalized spacial score (nSPS) is 10.7. The molecule has 5 heteroatoms. The molecule has 26 heavy (non-hydrogen) atoms. The Morgan fingerprint density at radius 2 is 1.81 bits per heavy atom. The van der Waals surface area contributed by atoms with Crippen LogP contribution in [0.2, 0.25) is 5.02 Å². The second kappa shape index (κ2) is 9.48. The van der Waals surface area contributed by atoms with Gasteiger partial charge in [-0.3, -0.25) is 4.79 Å². The highest BCUT2D eigenvalue weighted by molar-refractivity contribution is 6.32. The number of carbonyl (C=O) groups excluding carboxylic acids is 1. The fourth-order valence-electron chi connectivity index (χ4n) is 2.75. The van der Waals surface area contributed by atoms with Gasteiger partial charge in [0.15, 0.2) is 11.5 Å². The topological polar surface area (TPSA) is 44.8 Å². The number of rotatable bonds is 9. The van der Waals surface area contributed by atoms with Crippen LogP contribution >= 0.6 is 11.6 Å². The van der Waals surface area contributed by atoms with Crippen LogP contribution < -0.4 is 14.2 Å². The van der Waals surface area contributed by atoms with Crippen molar-refractivity contribution in [1.29, 1.82) is 0 Å². The fraction of sp³-hybridized carbons (Fsp3) is 0.381. The highest BCUT2D eigenvalue weighted by Gasteiger charge is 2.13. The van der Waals surface area contributed by atoms with Gasteiger partial charge in [-0.15, -0.1) is 0 Å². The van der Waals surface area contributed by atoms with Gasteiger partial charge in [0.1, 0.15) is 25.2 Å². The van der Waals surface area contributed by atoms with Gasteiger partial charge in [-0.05, 0) is 55.2 Å². The molecule has 0 spiro atoms. The van der Waals surface area contributed by atoms with E-state index < -0.39 is 0 Å². The molecule has 0 atom stereocenters. The number of hydrogen-bond acceptors (Lipinski definition) is 4. The first-order chi connectivity index (χ1) is 12.5. The molecular weight excluding hydrogens is 352 g/mol. The lowest BCUT2D eigenvalue weighted by molar-refractivity contribution is 0.112. The number of aldehydes is 1. The van der Waals surface area contributed by atoms with Crippen LogP contribution in [0.1, 0.15) is 48.2 Å². The molecule has 0 radical (unpaired) electrons. The average molecular weight is 377 g/mol. The standard InChI is InChI=1S/C21H25ClO4/c1-5-24-20-12-16(13-23)11-19(22)21(20)26-9-8-25-17-6-7-18(14(2)3)15(4)10-17/h6-7,10-14H,5,8-9H2,1-4H3. The Kier molecular flexibility index (Phi) is 7.34. The highest BCUT2D eigenvalue weighted by atomic mass is 35.5. The van der Waals surface area contributed by atoms with E-state index in [2.05, 4.69) is 26.8 Å². The number of hydrogen-bond donors (Lipinski definition) is 0. The van der Waals surface area contributed by atoms with Gasteiger partial charge in [0.25, 0.3) is 0 Å². The minimum atomic E-state index is 0.311. The Bertz CT molecular complexity index is 756. The first-order valence-electron chi connectivity index (χ1n) is 8.73. The van der Waals surface area contributed by atoms with Crippen LogP contribution in [-0.4, -0.2) is 26.1 Å². The van der Waals surface area contributed by atoms with E-state index in [1.54, 1.807) is 12.1 Å². The molecule has 2 aromatic carbocycles. The molecule has 0 aromatic heterocycles. The van der Waals surface area contributed by atoms with E-state index in [9.17, 15) is 4.79 Å². The zero-order chi connectivity index (χ0) is 19.1. The molecule has 0 unspecified atom stereocenters. The van der Waals surface area contributed by atoms with E-state index in [0.717, 1.165) is 12.0 Å². The Labute approximate surface area is 160 Å². The smallest absolute Gasteiger partial charge is 0.179 e. The van der Waals surface area contributed by atoms with Crippen molar-refractivity contribution in [2.24, 2.45) is 0 Å². The third-order valence-electron chi connectivity index (χ3n) is 3.93. The first-order valence-corrected chi connectivity index (χ1v) is 9.11. The van der Waals surface area contributed by atoms with Crippen molar-refractivity contribution in [3.8, 4) is 17.2 Å². The van der Waals surface area contributed by atoms with Crippen LogP contribution in [-0.2, 0) is 0 Å². The van der Waals surface area contributed by atoms with Crippen LogP contribution in [0.15, 0.2) is 30.3 Å². The number of halogens is 1. The molecule has 0 bridgehead atoms. The number of benzene rings is 2. The van der Waals surface area contributed by atoms with Gasteiger partial charge < -0.3 is 14.2 Å². The van der Waals surface area contributed by atoms with Gasteiger partial charge in [0, 0.05) is 5.56 Å². The molecule has 0 heterocycles. The maximum atomic E-state index is 11.0. The zero-order valence-corrected chi connectivity index (χ0v) is 16.4. The lowest BCUT2D eigenvalue weighted by Gasteiger charge is -2.15. The van der Waals surface area contributed by atoms with Crippen LogP contribution in [0.25, 0.3) is 0 Å². The summed E-state index contributed by atoms with van der Waals surface area (Å²) in [6, 6.07) is 9.28. The molecule has 2 rings (SSSR count). The van der Waals surface area contributed by atoms with Crippen molar-refractivity contribution in [1.82, 2.24) is 0 Å². The summed E-state index contributed by atoms with van der Waals surface area (Å²) in [5, 5.41) is 0.343. The quantitative estimate of drug-likeness (QED) is 0.431. The van der Waals surface area contributed by atoms with E-state index in [1.165, 1.54) is 11.1 Å². The lowest BCUT2D eigenvalue weighted by Crippen LogP contribution is -2.10. The molecule has 0 amide bonds. The summed E-state index contributed by atoms with van der Waals surface area (Å²) in [6.45, 7) is 9.42. The molecule has 0 aliphatic carbocycles.